The molecule has 2 aliphatic rings. The van der Waals surface area contributed by atoms with E-state index < -0.39 is 17.8 Å². The van der Waals surface area contributed by atoms with Gasteiger partial charge in [-0.25, -0.2) is 4.79 Å². The fourth-order valence-electron chi connectivity index (χ4n) is 4.32. The third-order valence-electron chi connectivity index (χ3n) is 6.19. The van der Waals surface area contributed by atoms with Crippen molar-refractivity contribution in [1.29, 1.82) is 0 Å². The highest BCUT2D eigenvalue weighted by molar-refractivity contribution is 5.84. The lowest BCUT2D eigenvalue weighted by molar-refractivity contribution is -0.185. The molecule has 1 amide bonds. The number of carbonyl (C=O) groups excluding carboxylic acids is 3. The van der Waals surface area contributed by atoms with Crippen molar-refractivity contribution < 1.29 is 33.3 Å². The summed E-state index contributed by atoms with van der Waals surface area (Å²) in [6.45, 7) is 6.99. The Morgan fingerprint density at radius 1 is 1.19 bits per heavy atom. The van der Waals surface area contributed by atoms with Crippen LogP contribution in [0.25, 0.3) is 0 Å². The summed E-state index contributed by atoms with van der Waals surface area (Å²) in [7, 11) is 1.32. The van der Waals surface area contributed by atoms with Crippen molar-refractivity contribution in [3.8, 4) is 11.8 Å². The molecule has 0 aromatic heterocycles. The predicted octanol–water partition coefficient (Wildman–Crippen LogP) is 2.20. The Morgan fingerprint density at radius 3 is 2.52 bits per heavy atom. The smallest absolute Gasteiger partial charge is 0.328 e. The predicted molar refractivity (Wildman–Crippen MR) is 113 cm³/mol. The monoisotopic (exact) mass is 437 g/mol. The van der Waals surface area contributed by atoms with Crippen LogP contribution in [0.2, 0.25) is 0 Å². The maximum absolute atomic E-state index is 12.8. The van der Waals surface area contributed by atoms with Crippen molar-refractivity contribution in [3.63, 3.8) is 0 Å². The molecule has 1 saturated heterocycles. The maximum Gasteiger partial charge on any atom is 0.328 e. The van der Waals surface area contributed by atoms with E-state index in [9.17, 15) is 14.4 Å². The molecule has 8 nitrogen and oxygen atoms in total. The number of carbonyl (C=O) groups is 3. The number of rotatable bonds is 9. The van der Waals surface area contributed by atoms with Crippen LogP contribution in [-0.2, 0) is 33.3 Å². The molecule has 0 aromatic carbocycles. The van der Waals surface area contributed by atoms with Gasteiger partial charge in [0, 0.05) is 25.2 Å². The fraction of sp³-hybridized carbons (Fsp3) is 0.783. The van der Waals surface area contributed by atoms with Gasteiger partial charge in [0.15, 0.2) is 5.79 Å². The minimum Gasteiger partial charge on any atom is -0.467 e. The Labute approximate surface area is 184 Å². The quantitative estimate of drug-likeness (QED) is 0.436. The molecule has 8 heteroatoms. The number of hydrogen-bond acceptors (Lipinski definition) is 7. The van der Waals surface area contributed by atoms with Crippen molar-refractivity contribution in [2.24, 2.45) is 17.8 Å². The van der Waals surface area contributed by atoms with Crippen molar-refractivity contribution >= 4 is 17.8 Å². The molecule has 0 bridgehead atoms. The number of esters is 2. The second-order valence-electron chi connectivity index (χ2n) is 8.11. The average molecular weight is 438 g/mol. The molecule has 4 atom stereocenters. The molecule has 0 radical (unpaired) electrons. The van der Waals surface area contributed by atoms with Gasteiger partial charge in [0.2, 0.25) is 5.91 Å². The molecule has 0 unspecified atom stereocenters. The topological polar surface area (TPSA) is 100 Å². The first-order chi connectivity index (χ1) is 14.9. The van der Waals surface area contributed by atoms with Crippen LogP contribution in [0.5, 0.6) is 0 Å². The van der Waals surface area contributed by atoms with Gasteiger partial charge < -0.3 is 24.3 Å². The zero-order valence-electron chi connectivity index (χ0n) is 19.0. The largest absolute Gasteiger partial charge is 0.467 e. The number of methoxy groups -OCH3 is 1. The number of nitrogens with one attached hydrogen (secondary N) is 1. The number of ether oxygens (including phenoxy) is 4. The van der Waals surface area contributed by atoms with Gasteiger partial charge in [0.1, 0.15) is 12.5 Å². The molecule has 2 rings (SSSR count). The second kappa shape index (κ2) is 12.1. The summed E-state index contributed by atoms with van der Waals surface area (Å²) in [5, 5.41) is 2.85. The number of amides is 1. The third kappa shape index (κ3) is 6.68. The van der Waals surface area contributed by atoms with Crippen LogP contribution in [0.1, 0.15) is 59.3 Å². The van der Waals surface area contributed by atoms with Gasteiger partial charge in [0.25, 0.3) is 0 Å². The Kier molecular flexibility index (Phi) is 9.79. The minimum absolute atomic E-state index is 0.00484. The first kappa shape index (κ1) is 25.2. The Hall–Kier alpha value is -2.11. The van der Waals surface area contributed by atoms with Gasteiger partial charge in [-0.15, -0.1) is 5.92 Å². The molecule has 1 N–H and O–H groups in total. The molecule has 1 spiro atoms. The molecule has 1 saturated carbocycles. The molecule has 2 fully saturated rings. The van der Waals surface area contributed by atoms with E-state index in [0.29, 0.717) is 32.7 Å². The molecular weight excluding hydrogens is 402 g/mol. The standard InChI is InChI=1S/C23H35NO7/c1-5-16(3)21(22(27)28-4)24-19(25)15-17-11-12-23(30-13-14-31-23)18(17)9-7-8-10-20(26)29-6-2/h16-18,21H,5-6,9-15H2,1-4H3,(H,24,25)/t16-,17+,18+,21-/m0/s1. The van der Waals surface area contributed by atoms with Crippen LogP contribution >= 0.6 is 0 Å². The summed E-state index contributed by atoms with van der Waals surface area (Å²) in [5.74, 6) is 4.10. The van der Waals surface area contributed by atoms with Gasteiger partial charge in [-0.1, -0.05) is 26.2 Å². The highest BCUT2D eigenvalue weighted by Crippen LogP contribution is 2.48. The molecule has 174 valence electrons. The van der Waals surface area contributed by atoms with Crippen molar-refractivity contribution in [2.45, 2.75) is 71.1 Å². The molecule has 31 heavy (non-hydrogen) atoms. The summed E-state index contributed by atoms with van der Waals surface area (Å²) < 4.78 is 21.6. The minimum atomic E-state index is -0.720. The van der Waals surface area contributed by atoms with E-state index in [1.165, 1.54) is 7.11 Å². The van der Waals surface area contributed by atoms with E-state index in [4.69, 9.17) is 18.9 Å². The highest BCUT2D eigenvalue weighted by atomic mass is 16.7. The van der Waals surface area contributed by atoms with Crippen LogP contribution in [0.15, 0.2) is 0 Å². The van der Waals surface area contributed by atoms with Gasteiger partial charge in [0.05, 0.1) is 26.9 Å². The van der Waals surface area contributed by atoms with E-state index in [-0.39, 0.29) is 42.5 Å². The summed E-state index contributed by atoms with van der Waals surface area (Å²) >= 11 is 0. The summed E-state index contributed by atoms with van der Waals surface area (Å²) in [6.07, 6.45) is 2.96. The summed E-state index contributed by atoms with van der Waals surface area (Å²) in [4.78, 5) is 36.4. The van der Waals surface area contributed by atoms with Crippen LogP contribution in [0.3, 0.4) is 0 Å². The van der Waals surface area contributed by atoms with Crippen LogP contribution in [0.4, 0.5) is 0 Å². The lowest BCUT2D eigenvalue weighted by Crippen LogP contribution is -2.46. The molecule has 0 aromatic rings. The zero-order chi connectivity index (χ0) is 22.9. The molecule has 1 aliphatic heterocycles. The summed E-state index contributed by atoms with van der Waals surface area (Å²) in [5.41, 5.74) is 0. The van der Waals surface area contributed by atoms with Crippen LogP contribution in [-0.4, -0.2) is 56.6 Å². The molecule has 1 aliphatic carbocycles. The summed E-state index contributed by atoms with van der Waals surface area (Å²) in [6, 6.07) is -0.667. The Bertz CT molecular complexity index is 690. The highest BCUT2D eigenvalue weighted by Gasteiger charge is 2.52. The van der Waals surface area contributed by atoms with E-state index >= 15 is 0 Å². The third-order valence-corrected chi connectivity index (χ3v) is 6.19. The lowest BCUT2D eigenvalue weighted by atomic mass is 9.87. The fourth-order valence-corrected chi connectivity index (χ4v) is 4.32. The average Bonchev–Trinajstić information content (AvgIpc) is 3.36. The molecule has 1 heterocycles. The van der Waals surface area contributed by atoms with Crippen molar-refractivity contribution in [3.05, 3.63) is 0 Å². The normalized spacial score (nSPS) is 23.5. The SMILES string of the molecule is CCOC(=O)CC#CC[C@@H]1[C@@H](CC(=O)N[C@H](C(=O)OC)[C@@H](C)CC)CCC12OCCO2. The van der Waals surface area contributed by atoms with Gasteiger partial charge in [-0.2, -0.15) is 0 Å². The van der Waals surface area contributed by atoms with E-state index in [2.05, 4.69) is 17.2 Å². The Balaban J connectivity index is 2.03. The van der Waals surface area contributed by atoms with Crippen molar-refractivity contribution in [2.75, 3.05) is 26.9 Å². The first-order valence-electron chi connectivity index (χ1n) is 11.1. The zero-order valence-corrected chi connectivity index (χ0v) is 19.0. The Morgan fingerprint density at radius 2 is 1.90 bits per heavy atom. The second-order valence-corrected chi connectivity index (χ2v) is 8.11. The van der Waals surface area contributed by atoms with Crippen molar-refractivity contribution in [1.82, 2.24) is 5.32 Å². The lowest BCUT2D eigenvalue weighted by Gasteiger charge is -2.31. The number of hydrogen-bond donors (Lipinski definition) is 1. The van der Waals surface area contributed by atoms with Gasteiger partial charge >= 0.3 is 11.9 Å². The first-order valence-corrected chi connectivity index (χ1v) is 11.1. The van der Waals surface area contributed by atoms with Gasteiger partial charge in [-0.05, 0) is 25.2 Å². The van der Waals surface area contributed by atoms with Gasteiger partial charge in [-0.3, -0.25) is 9.59 Å². The van der Waals surface area contributed by atoms with Crippen LogP contribution < -0.4 is 5.32 Å². The van der Waals surface area contributed by atoms with E-state index in [1.54, 1.807) is 6.92 Å². The maximum atomic E-state index is 12.8. The van der Waals surface area contributed by atoms with E-state index in [1.807, 2.05) is 13.8 Å². The van der Waals surface area contributed by atoms with E-state index in [0.717, 1.165) is 12.8 Å². The molecular formula is C23H35NO7. The van der Waals surface area contributed by atoms with Crippen LogP contribution in [0, 0.1) is 29.6 Å².